The molecule has 1 saturated heterocycles. The maximum absolute atomic E-state index is 13.0. The summed E-state index contributed by atoms with van der Waals surface area (Å²) in [5, 5.41) is 20.8. The monoisotopic (exact) mass is 570 g/mol. The number of aliphatic hydroxyl groups excluding tert-OH is 2. The van der Waals surface area contributed by atoms with E-state index in [1.54, 1.807) is 27.7 Å². The van der Waals surface area contributed by atoms with Crippen LogP contribution in [0.5, 0.6) is 0 Å². The zero-order valence-corrected chi connectivity index (χ0v) is 21.8. The molecule has 1 amide bonds. The molecule has 0 saturated carbocycles. The Labute approximate surface area is 216 Å². The van der Waals surface area contributed by atoms with Gasteiger partial charge in [0.05, 0.1) is 25.1 Å². The lowest BCUT2D eigenvalue weighted by Gasteiger charge is -2.21. The number of rotatable bonds is 13. The molecule has 19 heteroatoms. The Hall–Kier alpha value is -2.99. The van der Waals surface area contributed by atoms with Gasteiger partial charge in [-0.3, -0.25) is 13.9 Å². The lowest BCUT2D eigenvalue weighted by atomic mass is 10.1. The number of nitrogens with two attached hydrogens (primary N) is 2. The highest BCUT2D eigenvalue weighted by Gasteiger charge is 2.46. The largest absolute Gasteiger partial charge is 0.510 e. The summed E-state index contributed by atoms with van der Waals surface area (Å²) in [5.41, 5.74) is 10.7. The number of carbonyl (C=O) groups is 3. The van der Waals surface area contributed by atoms with Crippen molar-refractivity contribution < 1.29 is 66.4 Å². The van der Waals surface area contributed by atoms with Crippen LogP contribution < -0.4 is 11.5 Å². The number of hydrogen-bond donors (Lipinski definition) is 4. The second kappa shape index (κ2) is 13.7. The summed E-state index contributed by atoms with van der Waals surface area (Å²) in [5.74, 6) is -1.16. The molecule has 18 nitrogen and oxygen atoms in total. The average Bonchev–Trinajstić information content (AvgIpc) is 3.31. The molecule has 0 aromatic carbocycles. The highest BCUT2D eigenvalue weighted by molar-refractivity contribution is 7.48. The summed E-state index contributed by atoms with van der Waals surface area (Å²) in [6, 6.07) is 0. The first-order chi connectivity index (χ1) is 17.7. The molecule has 2 heterocycles. The normalized spacial score (nSPS) is 21.5. The Balaban J connectivity index is 2.04. The predicted octanol–water partition coefficient (Wildman–Crippen LogP) is 0.380. The molecule has 0 bridgehead atoms. The smallest absolute Gasteiger partial charge is 0.432 e. The van der Waals surface area contributed by atoms with Crippen molar-refractivity contribution in [1.82, 2.24) is 9.55 Å². The van der Waals surface area contributed by atoms with Gasteiger partial charge in [0, 0.05) is 0 Å². The Morgan fingerprint density at radius 1 is 1.03 bits per heavy atom. The van der Waals surface area contributed by atoms with Gasteiger partial charge in [-0.25, -0.2) is 28.2 Å². The molecule has 0 radical (unpaired) electrons. The Morgan fingerprint density at radius 3 is 2.00 bits per heavy atom. The lowest BCUT2D eigenvalue weighted by molar-refractivity contribution is -0.0685. The van der Waals surface area contributed by atoms with Gasteiger partial charge in [0.25, 0.3) is 5.91 Å². The molecular weight excluding hydrogens is 539 g/mol. The number of carbonyl (C=O) groups excluding carboxylic acids is 3. The van der Waals surface area contributed by atoms with Gasteiger partial charge in [0.15, 0.2) is 11.9 Å². The van der Waals surface area contributed by atoms with E-state index >= 15 is 0 Å². The fourth-order valence-electron chi connectivity index (χ4n) is 2.87. The summed E-state index contributed by atoms with van der Waals surface area (Å²) in [6.45, 7) is 3.62. The van der Waals surface area contributed by atoms with Crippen LogP contribution in [0.2, 0.25) is 0 Å². The van der Waals surface area contributed by atoms with E-state index in [-0.39, 0.29) is 11.5 Å². The van der Waals surface area contributed by atoms with Gasteiger partial charge < -0.3 is 45.4 Å². The fraction of sp³-hybridized carbons (Fsp3) is 0.684. The minimum Gasteiger partial charge on any atom is -0.432 e. The van der Waals surface area contributed by atoms with Crippen LogP contribution in [0, 0.1) is 0 Å². The Morgan fingerprint density at radius 2 is 1.55 bits per heavy atom. The third-order valence-electron chi connectivity index (χ3n) is 4.51. The van der Waals surface area contributed by atoms with E-state index in [1.165, 1.54) is 0 Å². The zero-order chi connectivity index (χ0) is 28.6. The zero-order valence-electron chi connectivity index (χ0n) is 21.0. The molecule has 216 valence electrons. The van der Waals surface area contributed by atoms with Crippen LogP contribution in [0.15, 0.2) is 6.33 Å². The van der Waals surface area contributed by atoms with Gasteiger partial charge in [-0.15, -0.1) is 0 Å². The molecule has 1 aromatic heterocycles. The topological polar surface area (TPSA) is 252 Å². The van der Waals surface area contributed by atoms with Crippen molar-refractivity contribution >= 4 is 31.9 Å². The minimum atomic E-state index is -4.65. The van der Waals surface area contributed by atoms with Gasteiger partial charge in [-0.05, 0) is 27.7 Å². The molecule has 6 N–H and O–H groups in total. The van der Waals surface area contributed by atoms with Crippen LogP contribution >= 0.6 is 7.82 Å². The van der Waals surface area contributed by atoms with Crippen LogP contribution in [0.1, 0.15) is 44.4 Å². The van der Waals surface area contributed by atoms with E-state index in [4.69, 9.17) is 39.2 Å². The number of nitrogens with zero attached hydrogens (tertiary/aromatic N) is 2. The molecule has 0 aliphatic carbocycles. The molecule has 1 fully saturated rings. The van der Waals surface area contributed by atoms with E-state index < -0.39 is 83.0 Å². The number of ether oxygens (including phenoxy) is 5. The minimum absolute atomic E-state index is 0.233. The van der Waals surface area contributed by atoms with Gasteiger partial charge in [-0.1, -0.05) is 0 Å². The summed E-state index contributed by atoms with van der Waals surface area (Å²) in [6.07, 6.45) is -8.10. The number of anilines is 1. The van der Waals surface area contributed by atoms with E-state index in [9.17, 15) is 29.2 Å². The second-order valence-corrected chi connectivity index (χ2v) is 9.82. The quantitative estimate of drug-likeness (QED) is 0.142. The molecule has 0 spiro atoms. The van der Waals surface area contributed by atoms with Crippen LogP contribution in [-0.2, 0) is 41.8 Å². The Kier molecular flexibility index (Phi) is 11.3. The van der Waals surface area contributed by atoms with Crippen molar-refractivity contribution in [3.8, 4) is 0 Å². The number of nitrogen functional groups attached to an aromatic ring is 1. The molecule has 4 atom stereocenters. The summed E-state index contributed by atoms with van der Waals surface area (Å²) >= 11 is 0. The first-order valence-electron chi connectivity index (χ1n) is 11.1. The number of hydrogen-bond acceptors (Lipinski definition) is 16. The number of aliphatic hydroxyl groups is 2. The SMILES string of the molecule is CC(C)OC(=O)OCOP(=O)(OCOC(=O)OC(C)C)OC[C@H]1O[C@@H](n2cnc(C(N)=O)c2N)[C@H](O)[C@@H]1O. The Bertz CT molecular complexity index is 986. The second-order valence-electron chi connectivity index (χ2n) is 8.15. The molecule has 2 rings (SSSR count). The summed E-state index contributed by atoms with van der Waals surface area (Å²) in [7, 11) is -4.65. The van der Waals surface area contributed by atoms with Gasteiger partial charge in [0.1, 0.15) is 24.1 Å². The number of phosphoric ester groups is 1. The standard InChI is InChI=1S/C19H31N4O14P/c1-9(2)35-18(27)30-7-33-38(29,34-8-31-19(28)36-10(3)4)32-5-11-13(24)14(25)17(37-11)23-6-22-12(15(23)20)16(21)26/h6,9-11,13-14,17,24-25H,5,7-8,20H2,1-4H3,(H2,21,26)/t11-,13-,14-,17-/m1/s1. The highest BCUT2D eigenvalue weighted by atomic mass is 31.2. The lowest BCUT2D eigenvalue weighted by Crippen LogP contribution is -2.34. The highest BCUT2D eigenvalue weighted by Crippen LogP contribution is 2.50. The third-order valence-corrected chi connectivity index (χ3v) is 5.82. The average molecular weight is 570 g/mol. The van der Waals surface area contributed by atoms with Crippen LogP contribution in [0.4, 0.5) is 15.4 Å². The van der Waals surface area contributed by atoms with Crippen LogP contribution in [0.25, 0.3) is 0 Å². The van der Waals surface area contributed by atoms with E-state index in [0.717, 1.165) is 10.9 Å². The number of imidazole rings is 1. The van der Waals surface area contributed by atoms with Crippen molar-refractivity contribution in [1.29, 1.82) is 0 Å². The summed E-state index contributed by atoms with van der Waals surface area (Å²) < 4.78 is 53.3. The van der Waals surface area contributed by atoms with Crippen molar-refractivity contribution in [2.75, 3.05) is 25.9 Å². The number of amides is 1. The van der Waals surface area contributed by atoms with E-state index in [2.05, 4.69) is 14.5 Å². The maximum Gasteiger partial charge on any atom is 0.510 e. The van der Waals surface area contributed by atoms with Gasteiger partial charge >= 0.3 is 20.1 Å². The molecule has 1 aliphatic rings. The maximum atomic E-state index is 13.0. The fourth-order valence-corrected chi connectivity index (χ4v) is 3.78. The number of primary amides is 1. The number of phosphoric acid groups is 1. The van der Waals surface area contributed by atoms with Crippen molar-refractivity contribution in [3.05, 3.63) is 12.0 Å². The van der Waals surface area contributed by atoms with Crippen LogP contribution in [-0.4, -0.2) is 88.7 Å². The van der Waals surface area contributed by atoms with Gasteiger partial charge in [-0.2, -0.15) is 0 Å². The predicted molar refractivity (Wildman–Crippen MR) is 122 cm³/mol. The molecule has 0 unspecified atom stereocenters. The van der Waals surface area contributed by atoms with Crippen LogP contribution in [0.3, 0.4) is 0 Å². The van der Waals surface area contributed by atoms with Crippen molar-refractivity contribution in [3.63, 3.8) is 0 Å². The first kappa shape index (κ1) is 31.2. The van der Waals surface area contributed by atoms with Gasteiger partial charge in [0.2, 0.25) is 13.6 Å². The molecular formula is C19H31N4O14P. The van der Waals surface area contributed by atoms with E-state index in [0.29, 0.717) is 0 Å². The molecule has 1 aliphatic heterocycles. The number of aromatic nitrogens is 2. The van der Waals surface area contributed by atoms with Crippen molar-refractivity contribution in [2.24, 2.45) is 5.73 Å². The van der Waals surface area contributed by atoms with E-state index in [1.807, 2.05) is 0 Å². The molecule has 38 heavy (non-hydrogen) atoms. The molecule has 1 aromatic rings. The third kappa shape index (κ3) is 8.80. The first-order valence-corrected chi connectivity index (χ1v) is 12.5. The van der Waals surface area contributed by atoms with Crippen molar-refractivity contribution in [2.45, 2.75) is 64.4 Å². The summed E-state index contributed by atoms with van der Waals surface area (Å²) in [4.78, 5) is 38.2.